The summed E-state index contributed by atoms with van der Waals surface area (Å²) in [5.74, 6) is 0.432. The first-order chi connectivity index (χ1) is 18.2. The Bertz CT molecular complexity index is 1070. The van der Waals surface area contributed by atoms with Gasteiger partial charge in [0.1, 0.15) is 0 Å². The smallest absolute Gasteiger partial charge is 0.253 e. The van der Waals surface area contributed by atoms with E-state index in [4.69, 9.17) is 0 Å². The summed E-state index contributed by atoms with van der Waals surface area (Å²) in [7, 11) is 0. The second-order valence-electron chi connectivity index (χ2n) is 10.5. The summed E-state index contributed by atoms with van der Waals surface area (Å²) in [5, 5.41) is 13.7. The number of rotatable bonds is 8. The van der Waals surface area contributed by atoms with Gasteiger partial charge >= 0.3 is 0 Å². The van der Waals surface area contributed by atoms with E-state index in [9.17, 15) is 9.90 Å². The molecule has 1 atom stereocenters. The maximum Gasteiger partial charge on any atom is 0.253 e. The van der Waals surface area contributed by atoms with E-state index in [2.05, 4.69) is 83.0 Å². The second kappa shape index (κ2) is 12.4. The predicted octanol–water partition coefficient (Wildman–Crippen LogP) is 5.06. The van der Waals surface area contributed by atoms with Crippen molar-refractivity contribution in [2.45, 2.75) is 50.2 Å². The van der Waals surface area contributed by atoms with Crippen LogP contribution in [-0.2, 0) is 0 Å². The Kier molecular flexibility index (Phi) is 8.54. The molecule has 3 aromatic carbocycles. The zero-order valence-electron chi connectivity index (χ0n) is 21.6. The molecule has 37 heavy (non-hydrogen) atoms. The van der Waals surface area contributed by atoms with Crippen LogP contribution in [0.3, 0.4) is 0 Å². The lowest BCUT2D eigenvalue weighted by Crippen LogP contribution is -2.43. The highest BCUT2D eigenvalue weighted by atomic mass is 16.3. The molecule has 2 heterocycles. The van der Waals surface area contributed by atoms with Crippen LogP contribution in [0.5, 0.6) is 0 Å². The molecule has 2 saturated heterocycles. The van der Waals surface area contributed by atoms with Crippen molar-refractivity contribution in [3.8, 4) is 0 Å². The number of nitrogens with zero attached hydrogens (tertiary/aromatic N) is 2. The molecule has 0 unspecified atom stereocenters. The van der Waals surface area contributed by atoms with Crippen LogP contribution in [0.2, 0.25) is 0 Å². The molecule has 3 aromatic rings. The molecule has 1 amide bonds. The third kappa shape index (κ3) is 6.60. The van der Waals surface area contributed by atoms with E-state index in [1.54, 1.807) is 4.90 Å². The molecule has 0 bridgehead atoms. The lowest BCUT2D eigenvalue weighted by molar-refractivity contribution is 0.0474. The Labute approximate surface area is 221 Å². The number of carbonyl (C=O) groups is 1. The fourth-order valence-corrected chi connectivity index (χ4v) is 5.81. The van der Waals surface area contributed by atoms with Gasteiger partial charge in [-0.15, -0.1) is 0 Å². The van der Waals surface area contributed by atoms with E-state index in [1.807, 2.05) is 12.1 Å². The molecule has 5 heteroatoms. The summed E-state index contributed by atoms with van der Waals surface area (Å²) in [6.07, 6.45) is 4.58. The number of benzene rings is 3. The van der Waals surface area contributed by atoms with Gasteiger partial charge in [-0.3, -0.25) is 4.79 Å². The Morgan fingerprint density at radius 3 is 2.05 bits per heavy atom. The number of nitrogens with one attached hydrogen (secondary N) is 1. The maximum absolute atomic E-state index is 12.8. The van der Waals surface area contributed by atoms with Crippen molar-refractivity contribution < 1.29 is 9.90 Å². The van der Waals surface area contributed by atoms with E-state index in [0.717, 1.165) is 58.3 Å². The molecular formula is C32H39N3O2. The SMILES string of the molecule is O=C(c1ccc(N2CCC(NCCC(c3ccccc3)c3ccccc3)CC2)cc1)N1CCC[C@@H](O)C1. The minimum absolute atomic E-state index is 0.0255. The van der Waals surface area contributed by atoms with Crippen molar-refractivity contribution in [2.24, 2.45) is 0 Å². The number of β-amino-alcohol motifs (C(OH)–C–C–N with tert-alkyl or cyclic N) is 1. The molecule has 0 aromatic heterocycles. The summed E-state index contributed by atoms with van der Waals surface area (Å²) >= 11 is 0. The van der Waals surface area contributed by atoms with Gasteiger partial charge in [-0.25, -0.2) is 0 Å². The van der Waals surface area contributed by atoms with Gasteiger partial charge in [-0.1, -0.05) is 60.7 Å². The molecule has 0 radical (unpaired) electrons. The second-order valence-corrected chi connectivity index (χ2v) is 10.5. The Morgan fingerprint density at radius 1 is 0.838 bits per heavy atom. The molecule has 5 rings (SSSR count). The van der Waals surface area contributed by atoms with Crippen LogP contribution in [0.25, 0.3) is 0 Å². The average Bonchev–Trinajstić information content (AvgIpc) is 2.96. The highest BCUT2D eigenvalue weighted by Gasteiger charge is 2.24. The van der Waals surface area contributed by atoms with Gasteiger partial charge < -0.3 is 20.2 Å². The van der Waals surface area contributed by atoms with Gasteiger partial charge in [0.15, 0.2) is 0 Å². The number of aliphatic hydroxyl groups excluding tert-OH is 1. The third-order valence-electron chi connectivity index (χ3n) is 7.93. The van der Waals surface area contributed by atoms with Gasteiger partial charge in [-0.2, -0.15) is 0 Å². The minimum Gasteiger partial charge on any atom is -0.391 e. The van der Waals surface area contributed by atoms with Crippen molar-refractivity contribution in [3.05, 3.63) is 102 Å². The molecule has 2 aliphatic rings. The summed E-state index contributed by atoms with van der Waals surface area (Å²) in [6, 6.07) is 30.2. The van der Waals surface area contributed by atoms with Crippen LogP contribution >= 0.6 is 0 Å². The molecule has 5 nitrogen and oxygen atoms in total. The number of carbonyl (C=O) groups excluding carboxylic acids is 1. The van der Waals surface area contributed by atoms with Gasteiger partial charge in [-0.05, 0) is 74.0 Å². The molecule has 194 valence electrons. The van der Waals surface area contributed by atoms with E-state index in [1.165, 1.54) is 16.8 Å². The monoisotopic (exact) mass is 497 g/mol. The Hall–Kier alpha value is -3.15. The molecule has 2 aliphatic heterocycles. The average molecular weight is 498 g/mol. The molecular weight excluding hydrogens is 458 g/mol. The van der Waals surface area contributed by atoms with E-state index in [-0.39, 0.29) is 5.91 Å². The van der Waals surface area contributed by atoms with Crippen LogP contribution < -0.4 is 10.2 Å². The number of aliphatic hydroxyl groups is 1. The van der Waals surface area contributed by atoms with E-state index < -0.39 is 6.10 Å². The van der Waals surface area contributed by atoms with Gasteiger partial charge in [0, 0.05) is 49.4 Å². The normalized spacial score (nSPS) is 18.8. The number of likely N-dealkylation sites (tertiary alicyclic amines) is 1. The van der Waals surface area contributed by atoms with Crippen molar-refractivity contribution >= 4 is 11.6 Å². The topological polar surface area (TPSA) is 55.8 Å². The summed E-state index contributed by atoms with van der Waals surface area (Å²) in [4.78, 5) is 17.0. The Balaban J connectivity index is 1.10. The zero-order chi connectivity index (χ0) is 25.5. The molecule has 0 aliphatic carbocycles. The van der Waals surface area contributed by atoms with E-state index in [0.29, 0.717) is 24.1 Å². The number of hydrogen-bond donors (Lipinski definition) is 2. The number of amides is 1. The third-order valence-corrected chi connectivity index (χ3v) is 7.93. The van der Waals surface area contributed by atoms with Crippen LogP contribution in [0.1, 0.15) is 59.5 Å². The van der Waals surface area contributed by atoms with Crippen LogP contribution in [-0.4, -0.2) is 60.8 Å². The lowest BCUT2D eigenvalue weighted by atomic mass is 9.88. The first-order valence-electron chi connectivity index (χ1n) is 13.8. The lowest BCUT2D eigenvalue weighted by Gasteiger charge is -2.34. The summed E-state index contributed by atoms with van der Waals surface area (Å²) in [5.41, 5.74) is 4.65. The molecule has 0 saturated carbocycles. The fraction of sp³-hybridized carbons (Fsp3) is 0.406. The highest BCUT2D eigenvalue weighted by Crippen LogP contribution is 2.28. The van der Waals surface area contributed by atoms with Crippen LogP contribution in [0, 0.1) is 0 Å². The predicted molar refractivity (Wildman–Crippen MR) is 150 cm³/mol. The maximum atomic E-state index is 12.8. The highest BCUT2D eigenvalue weighted by molar-refractivity contribution is 5.94. The first-order valence-corrected chi connectivity index (χ1v) is 13.8. The number of piperidine rings is 2. The van der Waals surface area contributed by atoms with Gasteiger partial charge in [0.05, 0.1) is 6.10 Å². The van der Waals surface area contributed by atoms with Crippen molar-refractivity contribution in [2.75, 3.05) is 37.6 Å². The summed E-state index contributed by atoms with van der Waals surface area (Å²) in [6.45, 7) is 4.21. The number of hydrogen-bond acceptors (Lipinski definition) is 4. The van der Waals surface area contributed by atoms with E-state index >= 15 is 0 Å². The number of anilines is 1. The molecule has 2 fully saturated rings. The fourth-order valence-electron chi connectivity index (χ4n) is 5.81. The van der Waals surface area contributed by atoms with Gasteiger partial charge in [0.2, 0.25) is 0 Å². The Morgan fingerprint density at radius 2 is 1.46 bits per heavy atom. The minimum atomic E-state index is -0.394. The quantitative estimate of drug-likeness (QED) is 0.457. The standard InChI is InChI=1S/C32H39N3O2/c36-30-12-7-21-35(24-30)32(37)27-13-15-29(16-14-27)34-22-18-28(19-23-34)33-20-17-31(25-8-3-1-4-9-25)26-10-5-2-6-11-26/h1-6,8-11,13-16,28,30-31,33,36H,7,12,17-24H2/t30-/m1/s1. The largest absolute Gasteiger partial charge is 0.391 e. The van der Waals surface area contributed by atoms with Gasteiger partial charge in [0.25, 0.3) is 5.91 Å². The van der Waals surface area contributed by atoms with Crippen molar-refractivity contribution in [1.82, 2.24) is 10.2 Å². The molecule has 2 N–H and O–H groups in total. The van der Waals surface area contributed by atoms with Crippen LogP contribution in [0.4, 0.5) is 5.69 Å². The summed E-state index contributed by atoms with van der Waals surface area (Å²) < 4.78 is 0. The van der Waals surface area contributed by atoms with Crippen LogP contribution in [0.15, 0.2) is 84.9 Å². The van der Waals surface area contributed by atoms with Crippen molar-refractivity contribution in [3.63, 3.8) is 0 Å². The van der Waals surface area contributed by atoms with Crippen molar-refractivity contribution in [1.29, 1.82) is 0 Å². The first kappa shape index (κ1) is 25.5. The molecule has 0 spiro atoms. The zero-order valence-corrected chi connectivity index (χ0v) is 21.6.